The van der Waals surface area contributed by atoms with E-state index in [1.54, 1.807) is 18.2 Å². The average molecular weight is 431 g/mol. The molecular weight excluding hydrogens is 400 g/mol. The van der Waals surface area contributed by atoms with Gasteiger partial charge in [-0.25, -0.2) is 8.42 Å². The Bertz CT molecular complexity index is 760. The van der Waals surface area contributed by atoms with Crippen molar-refractivity contribution in [2.45, 2.75) is 43.4 Å². The van der Waals surface area contributed by atoms with Gasteiger partial charge in [-0.3, -0.25) is 4.79 Å². The van der Waals surface area contributed by atoms with Crippen LogP contribution >= 0.6 is 12.4 Å². The van der Waals surface area contributed by atoms with E-state index in [-0.39, 0.29) is 23.2 Å². The number of carbonyl (C=O) groups excluding carboxylic acids is 1. The highest BCUT2D eigenvalue weighted by molar-refractivity contribution is 7.89. The predicted octanol–water partition coefficient (Wildman–Crippen LogP) is 1.96. The van der Waals surface area contributed by atoms with Gasteiger partial charge >= 0.3 is 0 Å². The minimum atomic E-state index is -3.57. The minimum absolute atomic E-state index is 0. The maximum Gasteiger partial charge on any atom is 0.253 e. The molecular formula is C19H31ClN4O3S. The Kier molecular flexibility index (Phi) is 8.55. The summed E-state index contributed by atoms with van der Waals surface area (Å²) in [5.74, 6) is -0.235. The number of carbonyl (C=O) groups is 1. The molecule has 0 bridgehead atoms. The molecule has 9 heteroatoms. The lowest BCUT2D eigenvalue weighted by molar-refractivity contribution is 0.0954. The fourth-order valence-corrected chi connectivity index (χ4v) is 5.29. The molecule has 7 nitrogen and oxygen atoms in total. The van der Waals surface area contributed by atoms with Crippen molar-refractivity contribution in [3.05, 3.63) is 23.8 Å². The molecule has 2 saturated heterocycles. The molecule has 2 aliphatic heterocycles. The average Bonchev–Trinajstić information content (AvgIpc) is 3.23. The molecule has 0 atom stereocenters. The van der Waals surface area contributed by atoms with E-state index < -0.39 is 10.0 Å². The van der Waals surface area contributed by atoms with Gasteiger partial charge in [-0.15, -0.1) is 12.4 Å². The number of benzene rings is 1. The van der Waals surface area contributed by atoms with Gasteiger partial charge in [0.25, 0.3) is 5.91 Å². The fraction of sp³-hybridized carbons (Fsp3) is 0.632. The number of piperidine rings is 1. The molecule has 0 radical (unpaired) electrons. The number of nitrogens with one attached hydrogen (secondary N) is 1. The Balaban J connectivity index is 0.00000280. The lowest BCUT2D eigenvalue weighted by Crippen LogP contribution is -2.36. The Hall–Kier alpha value is -1.35. The molecule has 0 unspecified atom stereocenters. The highest BCUT2D eigenvalue weighted by Crippen LogP contribution is 2.29. The van der Waals surface area contributed by atoms with Gasteiger partial charge in [-0.1, -0.05) is 6.42 Å². The molecule has 28 heavy (non-hydrogen) atoms. The van der Waals surface area contributed by atoms with Gasteiger partial charge < -0.3 is 16.0 Å². The number of sulfonamides is 1. The molecule has 158 valence electrons. The zero-order chi connectivity index (χ0) is 19.3. The van der Waals surface area contributed by atoms with Crippen LogP contribution in [0.5, 0.6) is 0 Å². The lowest BCUT2D eigenvalue weighted by atomic mass is 10.1. The minimum Gasteiger partial charge on any atom is -0.371 e. The van der Waals surface area contributed by atoms with Crippen molar-refractivity contribution in [3.8, 4) is 0 Å². The summed E-state index contributed by atoms with van der Waals surface area (Å²) in [6.07, 6.45) is 5.70. The van der Waals surface area contributed by atoms with E-state index in [4.69, 9.17) is 5.73 Å². The van der Waals surface area contributed by atoms with E-state index in [0.29, 0.717) is 38.2 Å². The number of rotatable bonds is 7. The summed E-state index contributed by atoms with van der Waals surface area (Å²) >= 11 is 0. The largest absolute Gasteiger partial charge is 0.371 e. The molecule has 2 heterocycles. The predicted molar refractivity (Wildman–Crippen MR) is 114 cm³/mol. The van der Waals surface area contributed by atoms with Gasteiger partial charge in [0.2, 0.25) is 10.0 Å². The Morgan fingerprint density at radius 3 is 2.32 bits per heavy atom. The number of amides is 1. The normalized spacial score (nSPS) is 18.0. The van der Waals surface area contributed by atoms with Crippen LogP contribution in [0.25, 0.3) is 0 Å². The van der Waals surface area contributed by atoms with Crippen molar-refractivity contribution in [3.63, 3.8) is 0 Å². The van der Waals surface area contributed by atoms with Crippen LogP contribution in [0.4, 0.5) is 5.69 Å². The second-order valence-electron chi connectivity index (χ2n) is 7.24. The van der Waals surface area contributed by atoms with E-state index >= 15 is 0 Å². The number of halogens is 1. The first-order chi connectivity index (χ1) is 13.0. The summed E-state index contributed by atoms with van der Waals surface area (Å²) < 4.78 is 27.6. The first-order valence-electron chi connectivity index (χ1n) is 9.91. The van der Waals surface area contributed by atoms with Gasteiger partial charge in [-0.05, 0) is 56.8 Å². The first-order valence-corrected chi connectivity index (χ1v) is 11.4. The monoisotopic (exact) mass is 430 g/mol. The Labute approximate surface area is 174 Å². The quantitative estimate of drug-likeness (QED) is 0.644. The van der Waals surface area contributed by atoms with Crippen LogP contribution in [0.15, 0.2) is 23.1 Å². The summed E-state index contributed by atoms with van der Waals surface area (Å²) in [5, 5.41) is 2.87. The lowest BCUT2D eigenvalue weighted by Gasteiger charge is -2.27. The second kappa shape index (κ2) is 10.4. The van der Waals surface area contributed by atoms with E-state index in [0.717, 1.165) is 50.9 Å². The van der Waals surface area contributed by atoms with E-state index in [2.05, 4.69) is 10.2 Å². The molecule has 1 aromatic carbocycles. The number of nitrogens with two attached hydrogens (primary N) is 1. The standard InChI is InChI=1S/C19H30N4O3S.ClH/c20-9-6-10-21-19(24)17-15-16(7-8-18(17)22-11-4-5-12-22)27(25,26)23-13-2-1-3-14-23;/h7-8,15H,1-6,9-14,20H2,(H,21,24);1H. The molecule has 0 saturated carbocycles. The number of anilines is 1. The zero-order valence-electron chi connectivity index (χ0n) is 16.2. The van der Waals surface area contributed by atoms with Crippen LogP contribution in [0.3, 0.4) is 0 Å². The molecule has 0 spiro atoms. The number of nitrogens with zero attached hydrogens (tertiary/aromatic N) is 2. The summed E-state index contributed by atoms with van der Waals surface area (Å²) in [4.78, 5) is 15.1. The summed E-state index contributed by atoms with van der Waals surface area (Å²) in [6.45, 7) is 3.87. The van der Waals surface area contributed by atoms with Crippen LogP contribution in [0.2, 0.25) is 0 Å². The van der Waals surface area contributed by atoms with Crippen LogP contribution in [-0.2, 0) is 10.0 Å². The summed E-state index contributed by atoms with van der Waals surface area (Å²) in [6, 6.07) is 4.99. The van der Waals surface area contributed by atoms with E-state index in [1.807, 2.05) is 0 Å². The molecule has 1 amide bonds. The van der Waals surface area contributed by atoms with Crippen LogP contribution < -0.4 is 16.0 Å². The smallest absolute Gasteiger partial charge is 0.253 e. The highest BCUT2D eigenvalue weighted by Gasteiger charge is 2.28. The van der Waals surface area contributed by atoms with Gasteiger partial charge in [0.1, 0.15) is 0 Å². The Morgan fingerprint density at radius 1 is 1.04 bits per heavy atom. The van der Waals surface area contributed by atoms with Crippen LogP contribution in [0, 0.1) is 0 Å². The third-order valence-corrected chi connectivity index (χ3v) is 7.17. The molecule has 1 aromatic rings. The van der Waals surface area contributed by atoms with Crippen LogP contribution in [0.1, 0.15) is 48.9 Å². The number of hydrogen-bond acceptors (Lipinski definition) is 5. The topological polar surface area (TPSA) is 95.7 Å². The van der Waals surface area contributed by atoms with Crippen molar-refractivity contribution in [2.75, 3.05) is 44.2 Å². The van der Waals surface area contributed by atoms with Crippen LogP contribution in [-0.4, -0.2) is 57.9 Å². The second-order valence-corrected chi connectivity index (χ2v) is 9.17. The first kappa shape index (κ1) is 22.9. The van der Waals surface area contributed by atoms with Crippen molar-refractivity contribution in [1.82, 2.24) is 9.62 Å². The maximum absolute atomic E-state index is 13.0. The summed E-state index contributed by atoms with van der Waals surface area (Å²) in [7, 11) is -3.57. The molecule has 0 aliphatic carbocycles. The molecule has 0 aromatic heterocycles. The molecule has 3 rings (SSSR count). The zero-order valence-corrected chi connectivity index (χ0v) is 17.9. The van der Waals surface area contributed by atoms with Crippen molar-refractivity contribution < 1.29 is 13.2 Å². The summed E-state index contributed by atoms with van der Waals surface area (Å²) in [5.41, 5.74) is 6.75. The molecule has 2 aliphatic rings. The highest BCUT2D eigenvalue weighted by atomic mass is 35.5. The number of hydrogen-bond donors (Lipinski definition) is 2. The van der Waals surface area contributed by atoms with E-state index in [1.165, 1.54) is 4.31 Å². The SMILES string of the molecule is Cl.NCCCNC(=O)c1cc(S(=O)(=O)N2CCCCC2)ccc1N1CCCC1. The third-order valence-electron chi connectivity index (χ3n) is 5.28. The van der Waals surface area contributed by atoms with Crippen molar-refractivity contribution >= 4 is 34.0 Å². The Morgan fingerprint density at radius 2 is 1.68 bits per heavy atom. The van der Waals surface area contributed by atoms with Gasteiger partial charge in [-0.2, -0.15) is 4.31 Å². The van der Waals surface area contributed by atoms with Gasteiger partial charge in [0.05, 0.1) is 10.5 Å². The molecule has 3 N–H and O–H groups in total. The van der Waals surface area contributed by atoms with Gasteiger partial charge in [0, 0.05) is 38.4 Å². The van der Waals surface area contributed by atoms with E-state index in [9.17, 15) is 13.2 Å². The fourth-order valence-electron chi connectivity index (χ4n) is 3.74. The van der Waals surface area contributed by atoms with Gasteiger partial charge in [0.15, 0.2) is 0 Å². The van der Waals surface area contributed by atoms with Crippen molar-refractivity contribution in [1.29, 1.82) is 0 Å². The maximum atomic E-state index is 13.0. The van der Waals surface area contributed by atoms with Crippen molar-refractivity contribution in [2.24, 2.45) is 5.73 Å². The molecule has 2 fully saturated rings. The third kappa shape index (κ3) is 5.17.